The van der Waals surface area contributed by atoms with Gasteiger partial charge >= 0.3 is 0 Å². The average molecular weight is 324 g/mol. The van der Waals surface area contributed by atoms with Crippen molar-refractivity contribution in [2.24, 2.45) is 0 Å². The number of para-hydroxylation sites is 1. The maximum atomic E-state index is 12.2. The van der Waals surface area contributed by atoms with Crippen LogP contribution in [0.3, 0.4) is 0 Å². The lowest BCUT2D eigenvalue weighted by molar-refractivity contribution is -0.116. The number of aromatic nitrogens is 5. The highest BCUT2D eigenvalue weighted by Gasteiger charge is 2.12. The minimum Gasteiger partial charge on any atom is -0.324 e. The summed E-state index contributed by atoms with van der Waals surface area (Å²) in [6.07, 6.45) is 6.82. The molecule has 3 aromatic heterocycles. The van der Waals surface area contributed by atoms with Gasteiger partial charge in [-0.25, -0.2) is 14.6 Å². The second kappa shape index (κ2) is 5.65. The number of anilines is 1. The number of carbonyl (C=O) groups is 1. The van der Waals surface area contributed by atoms with E-state index in [2.05, 4.69) is 20.4 Å². The molecule has 4 rings (SSSR count). The Morgan fingerprint density at radius 1 is 1.30 bits per heavy atom. The van der Waals surface area contributed by atoms with Gasteiger partial charge in [-0.1, -0.05) is 18.2 Å². The Hall–Kier alpha value is -3.00. The molecule has 0 radical (unpaired) electrons. The maximum absolute atomic E-state index is 12.2. The molecule has 1 aromatic carbocycles. The van der Waals surface area contributed by atoms with Gasteiger partial charge in [0.05, 0.1) is 11.4 Å². The van der Waals surface area contributed by atoms with E-state index in [1.807, 2.05) is 46.4 Å². The molecule has 3 heterocycles. The first-order chi connectivity index (χ1) is 11.3. The molecule has 0 fully saturated rings. The molecule has 7 nitrogen and oxygen atoms in total. The molecule has 0 bridgehead atoms. The highest BCUT2D eigenvalue weighted by molar-refractivity contribution is 7.15. The van der Waals surface area contributed by atoms with Crippen LogP contribution in [0.1, 0.15) is 0 Å². The number of amides is 1. The number of benzene rings is 1. The van der Waals surface area contributed by atoms with Crippen LogP contribution in [0.25, 0.3) is 16.2 Å². The largest absolute Gasteiger partial charge is 0.324 e. The van der Waals surface area contributed by atoms with E-state index in [0.717, 1.165) is 21.9 Å². The molecule has 0 unspecified atom stereocenters. The first-order valence-corrected chi connectivity index (χ1v) is 7.81. The van der Waals surface area contributed by atoms with Crippen LogP contribution in [-0.2, 0) is 11.3 Å². The van der Waals surface area contributed by atoms with Crippen LogP contribution in [0, 0.1) is 0 Å². The molecule has 8 heteroatoms. The molecule has 4 aromatic rings. The van der Waals surface area contributed by atoms with Gasteiger partial charge in [-0.05, 0) is 6.07 Å². The quantitative estimate of drug-likeness (QED) is 0.625. The molecule has 0 atom stereocenters. The number of hydrogen-bond acceptors (Lipinski definition) is 5. The van der Waals surface area contributed by atoms with Gasteiger partial charge in [-0.15, -0.1) is 11.3 Å². The highest BCUT2D eigenvalue weighted by atomic mass is 32.1. The summed E-state index contributed by atoms with van der Waals surface area (Å²) in [5.41, 5.74) is 2.44. The van der Waals surface area contributed by atoms with Crippen LogP contribution in [0.2, 0.25) is 0 Å². The minimum atomic E-state index is -0.163. The van der Waals surface area contributed by atoms with Crippen molar-refractivity contribution in [3.05, 3.63) is 54.7 Å². The van der Waals surface area contributed by atoms with E-state index >= 15 is 0 Å². The number of nitrogens with zero attached hydrogens (tertiary/aromatic N) is 5. The van der Waals surface area contributed by atoms with Crippen molar-refractivity contribution in [2.45, 2.75) is 6.54 Å². The van der Waals surface area contributed by atoms with Crippen molar-refractivity contribution in [3.8, 4) is 11.3 Å². The molecule has 23 heavy (non-hydrogen) atoms. The Morgan fingerprint density at radius 2 is 2.22 bits per heavy atom. The zero-order valence-corrected chi connectivity index (χ0v) is 12.8. The van der Waals surface area contributed by atoms with Gasteiger partial charge in [0.25, 0.3) is 0 Å². The van der Waals surface area contributed by atoms with Crippen molar-refractivity contribution >= 4 is 27.9 Å². The molecule has 0 saturated heterocycles. The first-order valence-electron chi connectivity index (χ1n) is 6.93. The van der Waals surface area contributed by atoms with Crippen molar-refractivity contribution in [2.75, 3.05) is 5.32 Å². The summed E-state index contributed by atoms with van der Waals surface area (Å²) in [5, 5.41) is 8.83. The third-order valence-corrected chi connectivity index (χ3v) is 4.11. The zero-order valence-electron chi connectivity index (χ0n) is 12.0. The third kappa shape index (κ3) is 2.71. The van der Waals surface area contributed by atoms with E-state index in [1.165, 1.54) is 17.3 Å². The summed E-state index contributed by atoms with van der Waals surface area (Å²) in [6, 6.07) is 7.61. The molecule has 0 saturated carbocycles. The van der Waals surface area contributed by atoms with Crippen LogP contribution >= 0.6 is 11.3 Å². The second-order valence-corrected chi connectivity index (χ2v) is 5.78. The number of imidazole rings is 1. The summed E-state index contributed by atoms with van der Waals surface area (Å²) in [5.74, 6) is -0.163. The van der Waals surface area contributed by atoms with E-state index < -0.39 is 0 Å². The van der Waals surface area contributed by atoms with Gasteiger partial charge in [-0.2, -0.15) is 5.10 Å². The van der Waals surface area contributed by atoms with Gasteiger partial charge < -0.3 is 5.32 Å². The van der Waals surface area contributed by atoms with E-state index in [-0.39, 0.29) is 12.5 Å². The predicted octanol–water partition coefficient (Wildman–Crippen LogP) is 2.29. The lowest BCUT2D eigenvalue weighted by Gasteiger charge is -2.09. The highest BCUT2D eigenvalue weighted by Crippen LogP contribution is 2.28. The summed E-state index contributed by atoms with van der Waals surface area (Å²) < 4.78 is 3.44. The zero-order chi connectivity index (χ0) is 15.6. The SMILES string of the molecule is O=C(Cn1cncn1)Nc1ccccc1-c1cn2ccsc2n1. The predicted molar refractivity (Wildman–Crippen MR) is 87.2 cm³/mol. The Bertz CT molecular complexity index is 927. The van der Waals surface area contributed by atoms with Crippen LogP contribution in [0.15, 0.2) is 54.7 Å². The number of hydrogen-bond donors (Lipinski definition) is 1. The van der Waals surface area contributed by atoms with Crippen LogP contribution in [0.4, 0.5) is 5.69 Å². The van der Waals surface area contributed by atoms with Gasteiger partial charge in [0.1, 0.15) is 19.2 Å². The molecule has 0 aliphatic rings. The van der Waals surface area contributed by atoms with E-state index in [4.69, 9.17) is 0 Å². The third-order valence-electron chi connectivity index (χ3n) is 3.34. The van der Waals surface area contributed by atoms with Crippen molar-refractivity contribution in [1.29, 1.82) is 0 Å². The smallest absolute Gasteiger partial charge is 0.246 e. The Balaban J connectivity index is 1.61. The van der Waals surface area contributed by atoms with Crippen LogP contribution < -0.4 is 5.32 Å². The lowest BCUT2D eigenvalue weighted by Crippen LogP contribution is -2.19. The number of rotatable bonds is 4. The Morgan fingerprint density at radius 3 is 3.04 bits per heavy atom. The minimum absolute atomic E-state index is 0.118. The fraction of sp³-hybridized carbons (Fsp3) is 0.0667. The fourth-order valence-corrected chi connectivity index (χ4v) is 3.02. The normalized spacial score (nSPS) is 11.0. The van der Waals surface area contributed by atoms with Gasteiger partial charge in [0.2, 0.25) is 5.91 Å². The molecule has 1 N–H and O–H groups in total. The van der Waals surface area contributed by atoms with Crippen LogP contribution in [0.5, 0.6) is 0 Å². The van der Waals surface area contributed by atoms with Crippen molar-refractivity contribution in [3.63, 3.8) is 0 Å². The summed E-state index contributed by atoms with van der Waals surface area (Å²) >= 11 is 1.57. The summed E-state index contributed by atoms with van der Waals surface area (Å²) in [7, 11) is 0. The lowest BCUT2D eigenvalue weighted by atomic mass is 10.1. The molecular formula is C15H12N6OS. The number of fused-ring (bicyclic) bond motifs is 1. The molecule has 0 spiro atoms. The Kier molecular flexibility index (Phi) is 3.35. The van der Waals surface area contributed by atoms with Crippen molar-refractivity contribution in [1.82, 2.24) is 24.1 Å². The van der Waals surface area contributed by atoms with Gasteiger partial charge in [-0.3, -0.25) is 9.20 Å². The molecule has 0 aliphatic carbocycles. The van der Waals surface area contributed by atoms with Gasteiger partial charge in [0, 0.05) is 23.3 Å². The van der Waals surface area contributed by atoms with E-state index in [9.17, 15) is 4.79 Å². The molecule has 114 valence electrons. The summed E-state index contributed by atoms with van der Waals surface area (Å²) in [4.78, 5) is 21.5. The molecule has 1 amide bonds. The monoisotopic (exact) mass is 324 g/mol. The van der Waals surface area contributed by atoms with E-state index in [0.29, 0.717) is 0 Å². The van der Waals surface area contributed by atoms with E-state index in [1.54, 1.807) is 11.3 Å². The average Bonchev–Trinajstić information content (AvgIpc) is 3.24. The number of carbonyl (C=O) groups excluding carboxylic acids is 1. The topological polar surface area (TPSA) is 77.1 Å². The fourth-order valence-electron chi connectivity index (χ4n) is 2.32. The van der Waals surface area contributed by atoms with Crippen LogP contribution in [-0.4, -0.2) is 30.1 Å². The first kappa shape index (κ1) is 13.6. The Labute approximate surface area is 135 Å². The standard InChI is InChI=1S/C15H12N6OS/c22-14(8-21-10-16-9-17-21)18-12-4-2-1-3-11(12)13-7-20-5-6-23-15(20)19-13/h1-7,9-10H,8H2,(H,18,22). The summed E-state index contributed by atoms with van der Waals surface area (Å²) in [6.45, 7) is 0.118. The van der Waals surface area contributed by atoms with Crippen molar-refractivity contribution < 1.29 is 4.79 Å². The molecule has 0 aliphatic heterocycles. The molecular weight excluding hydrogens is 312 g/mol. The maximum Gasteiger partial charge on any atom is 0.246 e. The van der Waals surface area contributed by atoms with Gasteiger partial charge in [0.15, 0.2) is 4.96 Å². The second-order valence-electron chi connectivity index (χ2n) is 4.91. The number of nitrogens with one attached hydrogen (secondary N) is 1. The number of thiazole rings is 1.